The molecule has 0 aliphatic heterocycles. The van der Waals surface area contributed by atoms with Gasteiger partial charge in [-0.25, -0.2) is 0 Å². The number of allylic oxidation sites excluding steroid dienone is 1. The van der Waals surface area contributed by atoms with Crippen molar-refractivity contribution in [3.8, 4) is 0 Å². The maximum atomic E-state index is 12.3. The maximum absolute atomic E-state index is 12.3. The number of Topliss-reactive ketones (excluding diaryl/α,β-unsaturated/α-hetero) is 1. The minimum absolute atomic E-state index is 0.00707. The largest absolute Gasteiger partial charge is 0.299 e. The average molecular weight is 272 g/mol. The van der Waals surface area contributed by atoms with Crippen molar-refractivity contribution in [1.29, 1.82) is 0 Å². The van der Waals surface area contributed by atoms with E-state index in [9.17, 15) is 9.59 Å². The number of hydrogen-bond donors (Lipinski definition) is 0. The molecular formula is C18H24O2. The van der Waals surface area contributed by atoms with Crippen LogP contribution in [0.2, 0.25) is 0 Å². The second kappa shape index (κ2) is 4.29. The number of carbonyl (C=O) groups is 2. The molecule has 3 unspecified atom stereocenters. The highest BCUT2D eigenvalue weighted by molar-refractivity contribution is 5.91. The van der Waals surface area contributed by atoms with Gasteiger partial charge in [-0.1, -0.05) is 12.5 Å². The Kier molecular flexibility index (Phi) is 2.74. The van der Waals surface area contributed by atoms with Gasteiger partial charge in [-0.3, -0.25) is 9.59 Å². The molecule has 4 rings (SSSR count). The minimum Gasteiger partial charge on any atom is -0.299 e. The molecule has 0 spiro atoms. The molecule has 0 saturated heterocycles. The lowest BCUT2D eigenvalue weighted by Gasteiger charge is -2.52. The Morgan fingerprint density at radius 3 is 2.70 bits per heavy atom. The third-order valence-electron chi connectivity index (χ3n) is 7.01. The zero-order chi connectivity index (χ0) is 13.9. The van der Waals surface area contributed by atoms with E-state index in [-0.39, 0.29) is 5.41 Å². The van der Waals surface area contributed by atoms with E-state index in [2.05, 4.69) is 6.92 Å². The van der Waals surface area contributed by atoms with Crippen molar-refractivity contribution in [2.75, 3.05) is 0 Å². The molecule has 2 nitrogen and oxygen atoms in total. The van der Waals surface area contributed by atoms with E-state index >= 15 is 0 Å². The standard InChI is InChI=1S/C18H24O2/c1-18-9-8-14-13-5-3-12(19)10-11(13)2-4-15(14)16(18)6-7-17(18)20/h10,13-16H,2-9H2,1H3/t13?,14?,15-,16?,18+/m1/s1. The number of carbonyl (C=O) groups excluding carboxylic acids is 2. The van der Waals surface area contributed by atoms with Crippen molar-refractivity contribution < 1.29 is 9.59 Å². The Labute approximate surface area is 121 Å². The molecule has 0 amide bonds. The molecular weight excluding hydrogens is 248 g/mol. The van der Waals surface area contributed by atoms with Crippen molar-refractivity contribution in [1.82, 2.24) is 0 Å². The second-order valence-electron chi connectivity index (χ2n) is 7.72. The first-order chi connectivity index (χ1) is 9.59. The Morgan fingerprint density at radius 1 is 1.00 bits per heavy atom. The van der Waals surface area contributed by atoms with E-state index in [1.165, 1.54) is 18.4 Å². The zero-order valence-electron chi connectivity index (χ0n) is 12.4. The molecule has 3 fully saturated rings. The van der Waals surface area contributed by atoms with Crippen molar-refractivity contribution in [3.63, 3.8) is 0 Å². The van der Waals surface area contributed by atoms with Gasteiger partial charge in [0.05, 0.1) is 0 Å². The smallest absolute Gasteiger partial charge is 0.155 e. The lowest BCUT2D eigenvalue weighted by molar-refractivity contribution is -0.131. The van der Waals surface area contributed by atoms with Crippen LogP contribution in [0.15, 0.2) is 11.6 Å². The van der Waals surface area contributed by atoms with E-state index in [0.29, 0.717) is 23.4 Å². The summed E-state index contributed by atoms with van der Waals surface area (Å²) in [6, 6.07) is 0. The lowest BCUT2D eigenvalue weighted by atomic mass is 9.52. The fourth-order valence-electron chi connectivity index (χ4n) is 5.95. The summed E-state index contributed by atoms with van der Waals surface area (Å²) >= 11 is 0. The first-order valence-electron chi connectivity index (χ1n) is 8.36. The Morgan fingerprint density at radius 2 is 1.85 bits per heavy atom. The van der Waals surface area contributed by atoms with Crippen molar-refractivity contribution in [3.05, 3.63) is 11.6 Å². The summed E-state index contributed by atoms with van der Waals surface area (Å²) in [6.45, 7) is 2.24. The van der Waals surface area contributed by atoms with Gasteiger partial charge in [0.2, 0.25) is 0 Å². The molecule has 4 aliphatic rings. The third-order valence-corrected chi connectivity index (χ3v) is 7.01. The molecule has 0 N–H and O–H groups in total. The number of ketones is 2. The molecule has 0 aromatic heterocycles. The van der Waals surface area contributed by atoms with Gasteiger partial charge in [-0.2, -0.15) is 0 Å². The van der Waals surface area contributed by atoms with Crippen molar-refractivity contribution in [2.24, 2.45) is 29.1 Å². The molecule has 5 atom stereocenters. The molecule has 0 bridgehead atoms. The fourth-order valence-corrected chi connectivity index (χ4v) is 5.95. The van der Waals surface area contributed by atoms with E-state index in [1.807, 2.05) is 6.08 Å². The lowest BCUT2D eigenvalue weighted by Crippen LogP contribution is -2.46. The molecule has 0 aromatic carbocycles. The van der Waals surface area contributed by atoms with Gasteiger partial charge in [0.15, 0.2) is 5.78 Å². The van der Waals surface area contributed by atoms with Gasteiger partial charge in [-0.15, -0.1) is 0 Å². The average Bonchev–Trinajstić information content (AvgIpc) is 2.74. The van der Waals surface area contributed by atoms with Gasteiger partial charge in [-0.05, 0) is 68.3 Å². The summed E-state index contributed by atoms with van der Waals surface area (Å²) in [5, 5.41) is 0. The van der Waals surface area contributed by atoms with E-state index in [1.54, 1.807) is 0 Å². The van der Waals surface area contributed by atoms with Crippen molar-refractivity contribution in [2.45, 2.75) is 58.3 Å². The highest BCUT2D eigenvalue weighted by Crippen LogP contribution is 2.60. The topological polar surface area (TPSA) is 34.1 Å². The number of hydrogen-bond acceptors (Lipinski definition) is 2. The molecule has 0 heterocycles. The van der Waals surface area contributed by atoms with E-state index in [0.717, 1.165) is 50.4 Å². The van der Waals surface area contributed by atoms with Crippen LogP contribution in [0.3, 0.4) is 0 Å². The van der Waals surface area contributed by atoms with Crippen LogP contribution in [-0.4, -0.2) is 11.6 Å². The predicted octanol–water partition coefficient (Wildman–Crippen LogP) is 3.70. The summed E-state index contributed by atoms with van der Waals surface area (Å²) in [5.41, 5.74) is 1.43. The van der Waals surface area contributed by atoms with Crippen LogP contribution in [-0.2, 0) is 9.59 Å². The van der Waals surface area contributed by atoms with E-state index < -0.39 is 0 Å². The number of rotatable bonds is 0. The summed E-state index contributed by atoms with van der Waals surface area (Å²) in [4.78, 5) is 23.9. The molecule has 0 radical (unpaired) electrons. The SMILES string of the molecule is C[C@]12CCC3C4CCC(=O)C=C4CC[C@H]3C1CCC2=O. The van der Waals surface area contributed by atoms with Crippen molar-refractivity contribution >= 4 is 11.6 Å². The molecule has 2 heteroatoms. The molecule has 4 aliphatic carbocycles. The van der Waals surface area contributed by atoms with Crippen LogP contribution in [0.5, 0.6) is 0 Å². The maximum Gasteiger partial charge on any atom is 0.155 e. The van der Waals surface area contributed by atoms with E-state index in [4.69, 9.17) is 0 Å². The summed E-state index contributed by atoms with van der Waals surface area (Å²) < 4.78 is 0. The predicted molar refractivity (Wildman–Crippen MR) is 77.1 cm³/mol. The molecule has 108 valence electrons. The van der Waals surface area contributed by atoms with Gasteiger partial charge in [0, 0.05) is 18.3 Å². The Balaban J connectivity index is 1.65. The molecule has 20 heavy (non-hydrogen) atoms. The zero-order valence-corrected chi connectivity index (χ0v) is 12.4. The second-order valence-corrected chi connectivity index (χ2v) is 7.72. The van der Waals surface area contributed by atoms with Crippen LogP contribution in [0.25, 0.3) is 0 Å². The quantitative estimate of drug-likeness (QED) is 0.674. The monoisotopic (exact) mass is 272 g/mol. The first-order valence-corrected chi connectivity index (χ1v) is 8.36. The fraction of sp³-hybridized carbons (Fsp3) is 0.778. The Bertz CT molecular complexity index is 504. The van der Waals surface area contributed by atoms with Gasteiger partial charge in [0.1, 0.15) is 5.78 Å². The number of fused-ring (bicyclic) bond motifs is 5. The highest BCUT2D eigenvalue weighted by Gasteiger charge is 2.55. The first kappa shape index (κ1) is 12.8. The van der Waals surface area contributed by atoms with Crippen LogP contribution in [0.4, 0.5) is 0 Å². The molecule has 3 saturated carbocycles. The minimum atomic E-state index is -0.00707. The summed E-state index contributed by atoms with van der Waals surface area (Å²) in [6.07, 6.45) is 10.3. The van der Waals surface area contributed by atoms with Crippen LogP contribution >= 0.6 is 0 Å². The third kappa shape index (κ3) is 1.63. The Hall–Kier alpha value is -0.920. The highest BCUT2D eigenvalue weighted by atomic mass is 16.1. The van der Waals surface area contributed by atoms with Gasteiger partial charge in [0.25, 0.3) is 0 Å². The van der Waals surface area contributed by atoms with Crippen LogP contribution < -0.4 is 0 Å². The van der Waals surface area contributed by atoms with Crippen LogP contribution in [0, 0.1) is 29.1 Å². The van der Waals surface area contributed by atoms with Gasteiger partial charge >= 0.3 is 0 Å². The van der Waals surface area contributed by atoms with Crippen LogP contribution in [0.1, 0.15) is 58.3 Å². The van der Waals surface area contributed by atoms with Gasteiger partial charge < -0.3 is 0 Å². The summed E-state index contributed by atoms with van der Waals surface area (Å²) in [7, 11) is 0. The molecule has 0 aromatic rings. The summed E-state index contributed by atoms with van der Waals surface area (Å²) in [5.74, 6) is 3.66. The normalized spacial score (nSPS) is 47.4.